The Bertz CT molecular complexity index is 1520. The highest BCUT2D eigenvalue weighted by molar-refractivity contribution is 7.99. The number of β-amino-alcohol motifs (C(OH)–C–C–N with tert-alkyl or cyclic N) is 1. The molecule has 9 nitrogen and oxygen atoms in total. The fourth-order valence-electron chi connectivity index (χ4n) is 6.24. The molecule has 4 aromatic heterocycles. The molecule has 3 aliphatic rings. The second kappa shape index (κ2) is 8.81. The normalized spacial score (nSPS) is 21.6. The van der Waals surface area contributed by atoms with Crippen molar-refractivity contribution in [2.75, 3.05) is 36.0 Å². The lowest BCUT2D eigenvalue weighted by Gasteiger charge is -2.45. The highest BCUT2D eigenvalue weighted by Crippen LogP contribution is 2.50. The van der Waals surface area contributed by atoms with Crippen molar-refractivity contribution in [3.63, 3.8) is 0 Å². The molecule has 3 N–H and O–H groups in total. The lowest BCUT2D eigenvalue weighted by molar-refractivity contribution is 0.0305. The lowest BCUT2D eigenvalue weighted by atomic mass is 9.73. The van der Waals surface area contributed by atoms with Crippen molar-refractivity contribution >= 4 is 40.8 Å². The van der Waals surface area contributed by atoms with E-state index in [9.17, 15) is 5.11 Å². The monoisotopic (exact) mass is 548 g/mol. The Kier molecular flexibility index (Phi) is 5.59. The van der Waals surface area contributed by atoms with Gasteiger partial charge in [0.05, 0.1) is 15.5 Å². The predicted molar refractivity (Wildman–Crippen MR) is 148 cm³/mol. The molecule has 0 bridgehead atoms. The first-order valence-corrected chi connectivity index (χ1v) is 14.1. The number of anilines is 2. The summed E-state index contributed by atoms with van der Waals surface area (Å²) < 4.78 is 2.06. The number of rotatable bonds is 4. The zero-order valence-electron chi connectivity index (χ0n) is 21.1. The third-order valence-electron chi connectivity index (χ3n) is 8.27. The molecule has 11 heteroatoms. The summed E-state index contributed by atoms with van der Waals surface area (Å²) in [5.74, 6) is 1.58. The molecular weight excluding hydrogens is 520 g/mol. The number of nitrogens with zero attached hydrogens (tertiary/aromatic N) is 7. The predicted octanol–water partition coefficient (Wildman–Crippen LogP) is 3.74. The molecule has 7 rings (SSSR count). The van der Waals surface area contributed by atoms with Gasteiger partial charge in [0.2, 0.25) is 5.95 Å². The van der Waals surface area contributed by atoms with Gasteiger partial charge < -0.3 is 20.6 Å². The van der Waals surface area contributed by atoms with Gasteiger partial charge in [0, 0.05) is 73.8 Å². The number of nitrogens with two attached hydrogens (primary N) is 1. The lowest BCUT2D eigenvalue weighted by Crippen LogP contribution is -2.60. The number of imidazole rings is 1. The van der Waals surface area contributed by atoms with Gasteiger partial charge in [-0.2, -0.15) is 0 Å². The molecular formula is C27H29ClN8OS. The average molecular weight is 549 g/mol. The first-order chi connectivity index (χ1) is 18.3. The van der Waals surface area contributed by atoms with Crippen LogP contribution >= 0.6 is 23.4 Å². The van der Waals surface area contributed by atoms with Crippen LogP contribution in [0.2, 0.25) is 5.02 Å². The van der Waals surface area contributed by atoms with Crippen LogP contribution in [0.1, 0.15) is 37.1 Å². The summed E-state index contributed by atoms with van der Waals surface area (Å²) in [7, 11) is 0. The Hall–Kier alpha value is -2.92. The third-order valence-corrected chi connectivity index (χ3v) is 9.83. The topological polar surface area (TPSA) is 109 Å². The summed E-state index contributed by atoms with van der Waals surface area (Å²) in [6.07, 6.45) is 12.2. The van der Waals surface area contributed by atoms with Gasteiger partial charge in [-0.05, 0) is 49.3 Å². The van der Waals surface area contributed by atoms with Crippen molar-refractivity contribution in [3.05, 3.63) is 65.5 Å². The second-order valence-electron chi connectivity index (χ2n) is 11.0. The Morgan fingerprint density at radius 1 is 1.03 bits per heavy atom. The molecule has 1 aliphatic carbocycles. The Labute approximate surface area is 230 Å². The van der Waals surface area contributed by atoms with E-state index in [0.717, 1.165) is 59.4 Å². The summed E-state index contributed by atoms with van der Waals surface area (Å²) in [5.41, 5.74) is 9.32. The SMILES string of the molecule is CC1(O)CN(c2nccc(Sc3cnc(N4CCC5(CC4)Cc4ncccc4[C@H]5N)n4ccnc34)c2Cl)C1. The quantitative estimate of drug-likeness (QED) is 0.394. The van der Waals surface area contributed by atoms with E-state index in [1.54, 1.807) is 6.20 Å². The first kappa shape index (κ1) is 24.1. The molecule has 0 unspecified atom stereocenters. The molecule has 0 aromatic carbocycles. The number of piperidine rings is 1. The van der Waals surface area contributed by atoms with Gasteiger partial charge in [0.25, 0.3) is 0 Å². The fourth-order valence-corrected chi connectivity index (χ4v) is 7.48. The molecule has 0 saturated carbocycles. The van der Waals surface area contributed by atoms with E-state index in [1.165, 1.54) is 17.3 Å². The fraction of sp³-hybridized carbons (Fsp3) is 0.407. The second-order valence-corrected chi connectivity index (χ2v) is 12.4. The van der Waals surface area contributed by atoms with Crippen LogP contribution in [0.5, 0.6) is 0 Å². The molecule has 1 spiro atoms. The van der Waals surface area contributed by atoms with Crippen molar-refractivity contribution < 1.29 is 5.11 Å². The van der Waals surface area contributed by atoms with E-state index < -0.39 is 5.60 Å². The average Bonchev–Trinajstić information content (AvgIpc) is 3.49. The largest absolute Gasteiger partial charge is 0.386 e. The van der Waals surface area contributed by atoms with Gasteiger partial charge in [0.15, 0.2) is 5.65 Å². The first-order valence-electron chi connectivity index (χ1n) is 12.9. The molecule has 4 aromatic rings. The molecule has 38 heavy (non-hydrogen) atoms. The summed E-state index contributed by atoms with van der Waals surface area (Å²) in [4.78, 5) is 24.7. The van der Waals surface area contributed by atoms with Crippen LogP contribution in [0.3, 0.4) is 0 Å². The van der Waals surface area contributed by atoms with Crippen molar-refractivity contribution in [1.82, 2.24) is 24.3 Å². The molecule has 0 radical (unpaired) electrons. The molecule has 6 heterocycles. The van der Waals surface area contributed by atoms with E-state index >= 15 is 0 Å². The number of hydrogen-bond acceptors (Lipinski definition) is 9. The van der Waals surface area contributed by atoms with Crippen molar-refractivity contribution in [3.8, 4) is 0 Å². The smallest absolute Gasteiger partial charge is 0.211 e. The summed E-state index contributed by atoms with van der Waals surface area (Å²) in [6, 6.07) is 6.06. The number of aliphatic hydroxyl groups is 1. The standard InChI is InChI=1S/C27H29ClN8OS/c1-26(37)15-35(16-26)24-21(28)19(4-8-31-24)38-20-14-33-25(36-12-9-32-23(20)36)34-10-5-27(6-11-34)13-18-17(22(27)29)3-2-7-30-18/h2-4,7-9,12,14,22,37H,5-6,10-11,13,15-16,29H2,1H3/t22-/m1/s1. The molecule has 1 atom stereocenters. The minimum Gasteiger partial charge on any atom is -0.386 e. The molecule has 2 aliphatic heterocycles. The van der Waals surface area contributed by atoms with Crippen molar-refractivity contribution in [2.24, 2.45) is 11.1 Å². The van der Waals surface area contributed by atoms with Gasteiger partial charge in [-0.15, -0.1) is 0 Å². The van der Waals surface area contributed by atoms with Crippen LogP contribution in [-0.2, 0) is 6.42 Å². The zero-order valence-corrected chi connectivity index (χ0v) is 22.7. The van der Waals surface area contributed by atoms with Gasteiger partial charge in [0.1, 0.15) is 5.82 Å². The number of hydrogen-bond donors (Lipinski definition) is 2. The summed E-state index contributed by atoms with van der Waals surface area (Å²) in [6.45, 7) is 4.61. The number of halogens is 1. The van der Waals surface area contributed by atoms with E-state index in [4.69, 9.17) is 22.3 Å². The van der Waals surface area contributed by atoms with Crippen LogP contribution in [0.15, 0.2) is 59.0 Å². The van der Waals surface area contributed by atoms with Gasteiger partial charge in [-0.3, -0.25) is 9.38 Å². The third kappa shape index (κ3) is 3.85. The summed E-state index contributed by atoms with van der Waals surface area (Å²) in [5, 5.41) is 10.7. The van der Waals surface area contributed by atoms with Crippen LogP contribution in [0.25, 0.3) is 5.65 Å². The minimum atomic E-state index is -0.701. The zero-order chi connectivity index (χ0) is 26.1. The molecule has 2 saturated heterocycles. The highest BCUT2D eigenvalue weighted by atomic mass is 35.5. The van der Waals surface area contributed by atoms with E-state index in [2.05, 4.69) is 30.3 Å². The van der Waals surface area contributed by atoms with Crippen LogP contribution in [0, 0.1) is 5.41 Å². The van der Waals surface area contributed by atoms with Crippen molar-refractivity contribution in [1.29, 1.82) is 0 Å². The van der Waals surface area contributed by atoms with Crippen LogP contribution < -0.4 is 15.5 Å². The molecule has 0 amide bonds. The van der Waals surface area contributed by atoms with Gasteiger partial charge in [-0.25, -0.2) is 15.0 Å². The maximum Gasteiger partial charge on any atom is 0.211 e. The number of pyridine rings is 2. The maximum absolute atomic E-state index is 10.1. The number of fused-ring (bicyclic) bond motifs is 2. The van der Waals surface area contributed by atoms with E-state index in [1.807, 2.05) is 48.7 Å². The van der Waals surface area contributed by atoms with Gasteiger partial charge in [-0.1, -0.05) is 29.4 Å². The van der Waals surface area contributed by atoms with Gasteiger partial charge >= 0.3 is 0 Å². The summed E-state index contributed by atoms with van der Waals surface area (Å²) >= 11 is 8.29. The maximum atomic E-state index is 10.1. The molecule has 196 valence electrons. The van der Waals surface area contributed by atoms with E-state index in [0.29, 0.717) is 23.9 Å². The molecule has 2 fully saturated rings. The van der Waals surface area contributed by atoms with Crippen LogP contribution in [0.4, 0.5) is 11.8 Å². The Morgan fingerprint density at radius 2 is 1.84 bits per heavy atom. The van der Waals surface area contributed by atoms with Crippen LogP contribution in [-0.4, -0.2) is 61.2 Å². The highest BCUT2D eigenvalue weighted by Gasteiger charge is 2.47. The Balaban J connectivity index is 1.11. The minimum absolute atomic E-state index is 0.0331. The Morgan fingerprint density at radius 3 is 2.61 bits per heavy atom. The van der Waals surface area contributed by atoms with E-state index in [-0.39, 0.29) is 11.5 Å². The number of aromatic nitrogens is 5. The van der Waals surface area contributed by atoms with Crippen molar-refractivity contribution in [2.45, 2.75) is 47.6 Å².